The molecule has 1 aromatic carbocycles. The highest BCUT2D eigenvalue weighted by molar-refractivity contribution is 6.31. The minimum Gasteiger partial charge on any atom is -0.440 e. The largest absolute Gasteiger partial charge is 0.440 e. The summed E-state index contributed by atoms with van der Waals surface area (Å²) in [5, 5.41) is 0.668. The lowest BCUT2D eigenvalue weighted by atomic mass is 10.1. The molecule has 2 aromatic rings. The Labute approximate surface area is 104 Å². The fourth-order valence-electron chi connectivity index (χ4n) is 2.16. The summed E-state index contributed by atoms with van der Waals surface area (Å²) in [6, 6.07) is 3.63. The van der Waals surface area contributed by atoms with E-state index >= 15 is 0 Å². The summed E-state index contributed by atoms with van der Waals surface area (Å²) in [6.45, 7) is 3.08. The number of halogens is 1. The Morgan fingerprint density at radius 3 is 2.94 bits per heavy atom. The molecule has 5 heteroatoms. The number of hydrogen-bond donors (Lipinski definition) is 1. The van der Waals surface area contributed by atoms with E-state index < -0.39 is 0 Å². The zero-order chi connectivity index (χ0) is 12.0. The average molecular weight is 253 g/mol. The smallest absolute Gasteiger partial charge is 0.202 e. The minimum atomic E-state index is -0.0427. The molecule has 2 N–H and O–H groups in total. The molecular weight excluding hydrogens is 240 g/mol. The Hall–Kier alpha value is -1.10. The molecule has 1 aliphatic rings. The highest BCUT2D eigenvalue weighted by Crippen LogP contribution is 2.30. The Balaban J connectivity index is 2.10. The van der Waals surface area contributed by atoms with Crippen molar-refractivity contribution in [2.75, 3.05) is 13.2 Å². The summed E-state index contributed by atoms with van der Waals surface area (Å²) in [4.78, 5) is 4.46. The number of hydrogen-bond acceptors (Lipinski definition) is 4. The number of nitrogens with two attached hydrogens (primary N) is 1. The average Bonchev–Trinajstić information content (AvgIpc) is 2.83. The van der Waals surface area contributed by atoms with Crippen LogP contribution in [0.15, 0.2) is 16.5 Å². The fourth-order valence-corrected chi connectivity index (χ4v) is 2.43. The van der Waals surface area contributed by atoms with Crippen LogP contribution in [0, 0.1) is 6.92 Å². The number of benzene rings is 1. The van der Waals surface area contributed by atoms with Crippen LogP contribution in [0.4, 0.5) is 0 Å². The maximum absolute atomic E-state index is 5.99. The predicted octanol–water partition coefficient (Wildman–Crippen LogP) is 2.23. The van der Waals surface area contributed by atoms with E-state index in [2.05, 4.69) is 4.98 Å². The summed E-state index contributed by atoms with van der Waals surface area (Å²) in [6.07, 6.45) is 0. The SMILES string of the molecule is Cc1cc(Cl)cc2nc(C3COCC3N)oc12. The lowest BCUT2D eigenvalue weighted by molar-refractivity contribution is 0.188. The van der Waals surface area contributed by atoms with Gasteiger partial charge in [-0.3, -0.25) is 0 Å². The first-order chi connectivity index (χ1) is 8.15. The number of aryl methyl sites for hydroxylation is 1. The van der Waals surface area contributed by atoms with Gasteiger partial charge in [-0.25, -0.2) is 4.98 Å². The van der Waals surface area contributed by atoms with E-state index in [0.29, 0.717) is 24.1 Å². The molecule has 1 saturated heterocycles. The maximum Gasteiger partial charge on any atom is 0.202 e. The van der Waals surface area contributed by atoms with E-state index in [4.69, 9.17) is 26.5 Å². The van der Waals surface area contributed by atoms with Gasteiger partial charge < -0.3 is 14.9 Å². The second-order valence-electron chi connectivity index (χ2n) is 4.43. The van der Waals surface area contributed by atoms with Crippen molar-refractivity contribution in [1.82, 2.24) is 4.98 Å². The molecule has 2 unspecified atom stereocenters. The van der Waals surface area contributed by atoms with E-state index in [1.165, 1.54) is 0 Å². The van der Waals surface area contributed by atoms with Gasteiger partial charge in [0.15, 0.2) is 5.58 Å². The summed E-state index contributed by atoms with van der Waals surface area (Å²) in [7, 11) is 0. The molecule has 0 radical (unpaired) electrons. The molecule has 17 heavy (non-hydrogen) atoms. The van der Waals surface area contributed by atoms with Crippen molar-refractivity contribution in [1.29, 1.82) is 0 Å². The van der Waals surface area contributed by atoms with Crippen LogP contribution >= 0.6 is 11.6 Å². The molecular formula is C12H13ClN2O2. The van der Waals surface area contributed by atoms with Crippen molar-refractivity contribution >= 4 is 22.7 Å². The van der Waals surface area contributed by atoms with Crippen LogP contribution in [0.5, 0.6) is 0 Å². The molecule has 1 aliphatic heterocycles. The first-order valence-corrected chi connectivity index (χ1v) is 5.93. The van der Waals surface area contributed by atoms with E-state index in [9.17, 15) is 0 Å². The predicted molar refractivity (Wildman–Crippen MR) is 65.3 cm³/mol. The second-order valence-corrected chi connectivity index (χ2v) is 4.87. The van der Waals surface area contributed by atoms with Gasteiger partial charge in [0.25, 0.3) is 0 Å². The van der Waals surface area contributed by atoms with Gasteiger partial charge in [-0.05, 0) is 24.6 Å². The normalized spacial score (nSPS) is 24.6. The molecule has 2 heterocycles. The number of fused-ring (bicyclic) bond motifs is 1. The highest BCUT2D eigenvalue weighted by Gasteiger charge is 2.30. The highest BCUT2D eigenvalue weighted by atomic mass is 35.5. The van der Waals surface area contributed by atoms with Crippen molar-refractivity contribution in [3.63, 3.8) is 0 Å². The van der Waals surface area contributed by atoms with Crippen LogP contribution in [0.25, 0.3) is 11.1 Å². The number of nitrogens with zero attached hydrogens (tertiary/aromatic N) is 1. The van der Waals surface area contributed by atoms with Crippen molar-refractivity contribution in [2.45, 2.75) is 18.9 Å². The van der Waals surface area contributed by atoms with Gasteiger partial charge in [0.2, 0.25) is 5.89 Å². The third-order valence-corrected chi connectivity index (χ3v) is 3.32. The Morgan fingerprint density at radius 2 is 2.24 bits per heavy atom. The number of aromatic nitrogens is 1. The zero-order valence-electron chi connectivity index (χ0n) is 9.44. The van der Waals surface area contributed by atoms with E-state index in [-0.39, 0.29) is 12.0 Å². The maximum atomic E-state index is 5.99. The molecule has 0 saturated carbocycles. The molecule has 4 nitrogen and oxygen atoms in total. The summed E-state index contributed by atoms with van der Waals surface area (Å²) < 4.78 is 11.1. The van der Waals surface area contributed by atoms with Gasteiger partial charge in [-0.1, -0.05) is 11.6 Å². The lowest BCUT2D eigenvalue weighted by Gasteiger charge is -2.07. The number of rotatable bonds is 1. The van der Waals surface area contributed by atoms with Gasteiger partial charge in [0, 0.05) is 11.1 Å². The molecule has 3 rings (SSSR count). The van der Waals surface area contributed by atoms with E-state index in [1.807, 2.05) is 13.0 Å². The first-order valence-electron chi connectivity index (χ1n) is 5.55. The van der Waals surface area contributed by atoms with Crippen LogP contribution in [0.1, 0.15) is 17.4 Å². The van der Waals surface area contributed by atoms with E-state index in [0.717, 1.165) is 16.7 Å². The lowest BCUT2D eigenvalue weighted by Crippen LogP contribution is -2.26. The van der Waals surface area contributed by atoms with Crippen molar-refractivity contribution in [3.05, 3.63) is 28.6 Å². The molecule has 0 aliphatic carbocycles. The van der Waals surface area contributed by atoms with Crippen molar-refractivity contribution in [2.24, 2.45) is 5.73 Å². The molecule has 2 atom stereocenters. The third-order valence-electron chi connectivity index (χ3n) is 3.10. The zero-order valence-corrected chi connectivity index (χ0v) is 10.2. The second kappa shape index (κ2) is 3.98. The standard InChI is InChI=1S/C12H13ClN2O2/c1-6-2-7(13)3-10-11(6)17-12(15-10)8-4-16-5-9(8)14/h2-3,8-9H,4-5,14H2,1H3. The van der Waals surface area contributed by atoms with Crippen LogP contribution in [-0.2, 0) is 4.74 Å². The Kier molecular flexibility index (Phi) is 2.58. The molecule has 1 fully saturated rings. The number of ether oxygens (including phenoxy) is 1. The molecule has 0 spiro atoms. The van der Waals surface area contributed by atoms with Gasteiger partial charge in [-0.2, -0.15) is 0 Å². The summed E-state index contributed by atoms with van der Waals surface area (Å²) in [5.41, 5.74) is 8.50. The fraction of sp³-hybridized carbons (Fsp3) is 0.417. The van der Waals surface area contributed by atoms with Gasteiger partial charge >= 0.3 is 0 Å². The van der Waals surface area contributed by atoms with Crippen molar-refractivity contribution in [3.8, 4) is 0 Å². The Morgan fingerprint density at radius 1 is 1.41 bits per heavy atom. The third kappa shape index (κ3) is 1.82. The van der Waals surface area contributed by atoms with Crippen molar-refractivity contribution < 1.29 is 9.15 Å². The van der Waals surface area contributed by atoms with Crippen LogP contribution in [0.2, 0.25) is 5.02 Å². The molecule has 0 bridgehead atoms. The van der Waals surface area contributed by atoms with Crippen LogP contribution in [0.3, 0.4) is 0 Å². The summed E-state index contributed by atoms with van der Waals surface area (Å²) in [5.74, 6) is 0.691. The van der Waals surface area contributed by atoms with Crippen LogP contribution in [-0.4, -0.2) is 24.2 Å². The molecule has 1 aromatic heterocycles. The minimum absolute atomic E-state index is 0.0422. The quantitative estimate of drug-likeness (QED) is 0.846. The molecule has 90 valence electrons. The topological polar surface area (TPSA) is 61.3 Å². The van der Waals surface area contributed by atoms with Crippen LogP contribution < -0.4 is 5.73 Å². The van der Waals surface area contributed by atoms with Gasteiger partial charge in [-0.15, -0.1) is 0 Å². The Bertz CT molecular complexity index is 567. The van der Waals surface area contributed by atoms with Gasteiger partial charge in [0.1, 0.15) is 5.52 Å². The van der Waals surface area contributed by atoms with Gasteiger partial charge in [0.05, 0.1) is 19.1 Å². The molecule has 0 amide bonds. The monoisotopic (exact) mass is 252 g/mol. The first kappa shape index (κ1) is 11.0. The summed E-state index contributed by atoms with van der Waals surface area (Å²) >= 11 is 5.99. The number of oxazole rings is 1. The van der Waals surface area contributed by atoms with E-state index in [1.54, 1.807) is 6.07 Å².